The topological polar surface area (TPSA) is 132 Å². The highest BCUT2D eigenvalue weighted by atomic mass is 35.5. The third-order valence-electron chi connectivity index (χ3n) is 5.83. The largest absolute Gasteiger partial charge is 0.392 e. The molecule has 0 saturated heterocycles. The molecule has 5 N–H and O–H groups in total. The standard InChI is InChI=1S/C28H29ClN6O3/c1-28(2,16-32-26(38)18-9-11-19(12-10-18)34-24(37)8-5-13-36)17-33-27-31-15-22(29)25(35-27)21-14-30-23-7-4-3-6-20(21)23/h3-12,14-15,30,36H,13,16-17H2,1-2H3,(H,32,38)(H,34,37)(H,31,33,35)/b8-5+. The van der Waals surface area contributed by atoms with Gasteiger partial charge in [-0.1, -0.05) is 49.7 Å². The summed E-state index contributed by atoms with van der Waals surface area (Å²) in [5.74, 6) is -0.134. The molecule has 0 aliphatic carbocycles. The highest BCUT2D eigenvalue weighted by molar-refractivity contribution is 6.33. The number of aliphatic hydroxyl groups excluding tert-OH is 1. The summed E-state index contributed by atoms with van der Waals surface area (Å²) in [6.07, 6.45) is 6.05. The predicted octanol–water partition coefficient (Wildman–Crippen LogP) is 4.63. The Morgan fingerprint density at radius 3 is 2.63 bits per heavy atom. The van der Waals surface area contributed by atoms with Crippen LogP contribution in [0.25, 0.3) is 22.2 Å². The Morgan fingerprint density at radius 1 is 1.11 bits per heavy atom. The van der Waals surface area contributed by atoms with Crippen LogP contribution < -0.4 is 16.0 Å². The zero-order valence-electron chi connectivity index (χ0n) is 21.1. The van der Waals surface area contributed by atoms with Gasteiger partial charge in [-0.3, -0.25) is 9.59 Å². The van der Waals surface area contributed by atoms with Crippen molar-refractivity contribution >= 4 is 46.0 Å². The molecule has 2 heterocycles. The molecule has 0 fully saturated rings. The number of aromatic nitrogens is 3. The van der Waals surface area contributed by atoms with Gasteiger partial charge < -0.3 is 26.0 Å². The lowest BCUT2D eigenvalue weighted by Gasteiger charge is -2.25. The van der Waals surface area contributed by atoms with Crippen LogP contribution in [-0.4, -0.2) is 51.6 Å². The van der Waals surface area contributed by atoms with E-state index in [9.17, 15) is 9.59 Å². The Bertz CT molecular complexity index is 1460. The van der Waals surface area contributed by atoms with Crippen molar-refractivity contribution in [3.05, 3.63) is 83.7 Å². The van der Waals surface area contributed by atoms with Crippen LogP contribution in [-0.2, 0) is 4.79 Å². The maximum atomic E-state index is 12.7. The number of nitrogens with one attached hydrogen (secondary N) is 4. The fraction of sp³-hybridized carbons (Fsp3) is 0.214. The quantitative estimate of drug-likeness (QED) is 0.189. The number of hydrogen-bond donors (Lipinski definition) is 5. The summed E-state index contributed by atoms with van der Waals surface area (Å²) in [7, 11) is 0. The molecule has 0 aliphatic rings. The minimum Gasteiger partial charge on any atom is -0.392 e. The molecular formula is C28H29ClN6O3. The van der Waals surface area contributed by atoms with E-state index in [4.69, 9.17) is 16.7 Å². The van der Waals surface area contributed by atoms with Gasteiger partial charge >= 0.3 is 0 Å². The number of anilines is 2. The molecule has 196 valence electrons. The highest BCUT2D eigenvalue weighted by Crippen LogP contribution is 2.32. The number of rotatable bonds is 10. The van der Waals surface area contributed by atoms with Crippen LogP contribution in [0.3, 0.4) is 0 Å². The summed E-state index contributed by atoms with van der Waals surface area (Å²) < 4.78 is 0. The van der Waals surface area contributed by atoms with Crippen LogP contribution in [0, 0.1) is 5.41 Å². The fourth-order valence-electron chi connectivity index (χ4n) is 3.76. The first kappa shape index (κ1) is 26.8. The Morgan fingerprint density at radius 2 is 1.87 bits per heavy atom. The molecule has 0 spiro atoms. The van der Waals surface area contributed by atoms with Crippen molar-refractivity contribution in [1.29, 1.82) is 0 Å². The predicted molar refractivity (Wildman–Crippen MR) is 150 cm³/mol. The summed E-state index contributed by atoms with van der Waals surface area (Å²) in [5.41, 5.74) is 3.24. The van der Waals surface area contributed by atoms with E-state index in [2.05, 4.69) is 30.9 Å². The van der Waals surface area contributed by atoms with Gasteiger partial charge in [0.25, 0.3) is 5.91 Å². The first-order valence-electron chi connectivity index (χ1n) is 12.1. The van der Waals surface area contributed by atoms with Crippen LogP contribution in [0.4, 0.5) is 11.6 Å². The second-order valence-electron chi connectivity index (χ2n) is 9.49. The van der Waals surface area contributed by atoms with Crippen molar-refractivity contribution in [3.8, 4) is 11.3 Å². The molecule has 0 atom stereocenters. The molecule has 4 aromatic rings. The lowest BCUT2D eigenvalue weighted by molar-refractivity contribution is -0.111. The minimum absolute atomic E-state index is 0.211. The van der Waals surface area contributed by atoms with E-state index in [1.165, 1.54) is 12.2 Å². The first-order valence-corrected chi connectivity index (χ1v) is 12.4. The number of fused-ring (bicyclic) bond motifs is 1. The van der Waals surface area contributed by atoms with Crippen LogP contribution in [0.5, 0.6) is 0 Å². The minimum atomic E-state index is -0.358. The number of halogens is 1. The van der Waals surface area contributed by atoms with E-state index >= 15 is 0 Å². The average molecular weight is 533 g/mol. The fourth-order valence-corrected chi connectivity index (χ4v) is 3.95. The number of H-pyrrole nitrogens is 1. The molecule has 2 amide bonds. The van der Waals surface area contributed by atoms with Gasteiger partial charge in [-0.05, 0) is 35.7 Å². The lowest BCUT2D eigenvalue weighted by atomic mass is 9.93. The number of para-hydroxylation sites is 1. The summed E-state index contributed by atoms with van der Waals surface area (Å²) in [5, 5.41) is 19.1. The first-order chi connectivity index (χ1) is 18.3. The lowest BCUT2D eigenvalue weighted by Crippen LogP contribution is -2.38. The number of aromatic amines is 1. The maximum Gasteiger partial charge on any atom is 0.251 e. The molecule has 38 heavy (non-hydrogen) atoms. The molecule has 2 aromatic carbocycles. The molecular weight excluding hydrogens is 504 g/mol. The second-order valence-corrected chi connectivity index (χ2v) is 9.90. The number of nitrogens with zero attached hydrogens (tertiary/aromatic N) is 2. The number of amides is 2. The highest BCUT2D eigenvalue weighted by Gasteiger charge is 2.21. The molecule has 0 bridgehead atoms. The number of benzene rings is 2. The second kappa shape index (κ2) is 11.9. The van der Waals surface area contributed by atoms with Gasteiger partial charge in [0.1, 0.15) is 0 Å². The van der Waals surface area contributed by atoms with Crippen LogP contribution in [0.2, 0.25) is 5.02 Å². The number of carbonyl (C=O) groups excluding carboxylic acids is 2. The van der Waals surface area contributed by atoms with E-state index in [-0.39, 0.29) is 23.8 Å². The van der Waals surface area contributed by atoms with Crippen molar-refractivity contribution < 1.29 is 14.7 Å². The van der Waals surface area contributed by atoms with Gasteiger partial charge in [0.05, 0.1) is 23.5 Å². The Balaban J connectivity index is 1.33. The Labute approximate surface area is 225 Å². The molecule has 0 saturated carbocycles. The zero-order chi connectivity index (χ0) is 27.1. The maximum absolute atomic E-state index is 12.7. The number of hydrogen-bond acceptors (Lipinski definition) is 6. The van der Waals surface area contributed by atoms with Gasteiger partial charge in [0.15, 0.2) is 0 Å². The van der Waals surface area contributed by atoms with E-state index in [0.29, 0.717) is 41.0 Å². The molecule has 2 aromatic heterocycles. The molecule has 10 heteroatoms. The van der Waals surface area contributed by atoms with Gasteiger partial charge in [-0.2, -0.15) is 0 Å². The van der Waals surface area contributed by atoms with Gasteiger partial charge in [0.2, 0.25) is 11.9 Å². The van der Waals surface area contributed by atoms with Gasteiger partial charge in [0, 0.05) is 53.1 Å². The summed E-state index contributed by atoms with van der Waals surface area (Å²) >= 11 is 6.43. The van der Waals surface area contributed by atoms with E-state index in [0.717, 1.165) is 16.5 Å². The molecule has 4 rings (SSSR count). The van der Waals surface area contributed by atoms with Crippen molar-refractivity contribution in [2.75, 3.05) is 30.3 Å². The van der Waals surface area contributed by atoms with Gasteiger partial charge in [-0.15, -0.1) is 0 Å². The van der Waals surface area contributed by atoms with E-state index in [1.807, 2.05) is 44.3 Å². The number of carbonyl (C=O) groups is 2. The molecule has 0 radical (unpaired) electrons. The van der Waals surface area contributed by atoms with E-state index in [1.54, 1.807) is 30.5 Å². The SMILES string of the molecule is CC(C)(CNC(=O)c1ccc(NC(=O)/C=C/CO)cc1)CNc1ncc(Cl)c(-c2c[nH]c3ccccc23)n1. The smallest absolute Gasteiger partial charge is 0.251 e. The van der Waals surface area contributed by atoms with Crippen LogP contribution >= 0.6 is 11.6 Å². The molecule has 9 nitrogen and oxygen atoms in total. The van der Waals surface area contributed by atoms with Crippen molar-refractivity contribution in [1.82, 2.24) is 20.3 Å². The van der Waals surface area contributed by atoms with E-state index < -0.39 is 0 Å². The monoisotopic (exact) mass is 532 g/mol. The third-order valence-corrected chi connectivity index (χ3v) is 6.11. The Hall–Kier alpha value is -4.21. The normalized spacial score (nSPS) is 11.6. The third kappa shape index (κ3) is 6.76. The summed E-state index contributed by atoms with van der Waals surface area (Å²) in [6.45, 7) is 4.75. The summed E-state index contributed by atoms with van der Waals surface area (Å²) in [4.78, 5) is 36.6. The Kier molecular flexibility index (Phi) is 8.40. The summed E-state index contributed by atoms with van der Waals surface area (Å²) in [6, 6.07) is 14.5. The van der Waals surface area contributed by atoms with Crippen molar-refractivity contribution in [2.45, 2.75) is 13.8 Å². The number of aliphatic hydroxyl groups is 1. The van der Waals surface area contributed by atoms with Crippen molar-refractivity contribution in [3.63, 3.8) is 0 Å². The molecule has 0 unspecified atom stereocenters. The van der Waals surface area contributed by atoms with Gasteiger partial charge in [-0.25, -0.2) is 9.97 Å². The van der Waals surface area contributed by atoms with Crippen LogP contribution in [0.1, 0.15) is 24.2 Å². The average Bonchev–Trinajstić information content (AvgIpc) is 3.34. The zero-order valence-corrected chi connectivity index (χ0v) is 21.8. The molecule has 0 aliphatic heterocycles. The van der Waals surface area contributed by atoms with Crippen LogP contribution in [0.15, 0.2) is 73.1 Å². The van der Waals surface area contributed by atoms with Crippen molar-refractivity contribution in [2.24, 2.45) is 5.41 Å².